The van der Waals surface area contributed by atoms with Gasteiger partial charge in [-0.1, -0.05) is 33.4 Å². The van der Waals surface area contributed by atoms with E-state index >= 15 is 13.2 Å². The van der Waals surface area contributed by atoms with Crippen LogP contribution in [0.25, 0.3) is 38.4 Å². The number of phenols is 1. The van der Waals surface area contributed by atoms with Crippen LogP contribution in [0.15, 0.2) is 61.1 Å². The highest BCUT2D eigenvalue weighted by Crippen LogP contribution is 2.44. The summed E-state index contributed by atoms with van der Waals surface area (Å²) >= 11 is 0. The van der Waals surface area contributed by atoms with Gasteiger partial charge in [0.2, 0.25) is 0 Å². The van der Waals surface area contributed by atoms with Crippen molar-refractivity contribution >= 4 is 38.9 Å². The van der Waals surface area contributed by atoms with Crippen LogP contribution in [0.4, 0.5) is 27.8 Å². The van der Waals surface area contributed by atoms with Gasteiger partial charge in [0.05, 0.1) is 34.9 Å². The Kier molecular flexibility index (Phi) is 13.1. The van der Waals surface area contributed by atoms with Gasteiger partial charge in [-0.2, -0.15) is 20.2 Å². The molecule has 1 N–H and O–H groups in total. The molecule has 2 aromatic carbocycles. The Bertz CT molecular complexity index is 2730. The van der Waals surface area contributed by atoms with Crippen molar-refractivity contribution in [2.45, 2.75) is 84.6 Å². The number of allylic oxidation sites excluding steroid dienone is 3. The first kappa shape index (κ1) is 44.9. The van der Waals surface area contributed by atoms with Crippen molar-refractivity contribution in [3.63, 3.8) is 0 Å². The summed E-state index contributed by atoms with van der Waals surface area (Å²) < 4.78 is 84.0. The molecular formula is C46H52F5N9O3. The predicted octanol–water partition coefficient (Wildman–Crippen LogP) is 9.12. The molecule has 0 bridgehead atoms. The molecule has 0 spiro atoms. The lowest BCUT2D eigenvalue weighted by Gasteiger charge is -2.31. The summed E-state index contributed by atoms with van der Waals surface area (Å²) in [5.41, 5.74) is 0.791. The fourth-order valence-electron chi connectivity index (χ4n) is 9.09. The molecule has 0 saturated carbocycles. The smallest absolute Gasteiger partial charge is 0.319 e. The average molecular weight is 874 g/mol. The highest BCUT2D eigenvalue weighted by Gasteiger charge is 2.49. The summed E-state index contributed by atoms with van der Waals surface area (Å²) in [4.78, 5) is 28.0. The molecule has 7 heterocycles. The van der Waals surface area contributed by atoms with E-state index in [1.54, 1.807) is 50.8 Å². The minimum Gasteiger partial charge on any atom is -0.505 e. The van der Waals surface area contributed by atoms with Crippen molar-refractivity contribution < 1.29 is 36.6 Å². The van der Waals surface area contributed by atoms with Crippen molar-refractivity contribution in [1.29, 1.82) is 0 Å². The third-order valence-electron chi connectivity index (χ3n) is 11.8. The number of nitrogens with zero attached hydrogens (tertiary/aromatic N) is 9. The monoisotopic (exact) mass is 873 g/mol. The fraction of sp³-hybridized carbons (Fsp3) is 0.413. The Balaban J connectivity index is 0.000000688. The van der Waals surface area contributed by atoms with E-state index in [2.05, 4.69) is 26.7 Å². The highest BCUT2D eigenvalue weighted by atomic mass is 19.1. The lowest BCUT2D eigenvalue weighted by molar-refractivity contribution is 0.0821. The zero-order valence-electron chi connectivity index (χ0n) is 36.4. The van der Waals surface area contributed by atoms with Crippen molar-refractivity contribution in [1.82, 2.24) is 39.2 Å². The number of amides is 1. The van der Waals surface area contributed by atoms with Crippen LogP contribution < -0.4 is 9.64 Å². The summed E-state index contributed by atoms with van der Waals surface area (Å²) in [5.74, 6) is -3.45. The number of rotatable bonds is 8. The van der Waals surface area contributed by atoms with Gasteiger partial charge in [-0.25, -0.2) is 26.5 Å². The topological polar surface area (TPSA) is 117 Å². The second-order valence-corrected chi connectivity index (χ2v) is 15.9. The number of aryl methyl sites for hydroxylation is 2. The molecule has 4 aromatic heterocycles. The molecule has 17 heteroatoms. The molecule has 6 aromatic rings. The van der Waals surface area contributed by atoms with E-state index in [1.165, 1.54) is 27.8 Å². The molecule has 334 valence electrons. The van der Waals surface area contributed by atoms with Gasteiger partial charge in [0, 0.05) is 56.5 Å². The summed E-state index contributed by atoms with van der Waals surface area (Å²) in [7, 11) is 3.32. The van der Waals surface area contributed by atoms with Gasteiger partial charge in [0.25, 0.3) is 5.91 Å². The van der Waals surface area contributed by atoms with E-state index in [0.717, 1.165) is 37.2 Å². The number of aromatic hydroxyl groups is 1. The highest BCUT2D eigenvalue weighted by molar-refractivity contribution is 6.07. The van der Waals surface area contributed by atoms with Crippen molar-refractivity contribution in [2.24, 2.45) is 0 Å². The number of phenolic OH excluding ortho intramolecular Hbond substituents is 1. The molecule has 63 heavy (non-hydrogen) atoms. The van der Waals surface area contributed by atoms with Gasteiger partial charge in [0.1, 0.15) is 41.5 Å². The first-order valence-electron chi connectivity index (χ1n) is 21.3. The van der Waals surface area contributed by atoms with Gasteiger partial charge >= 0.3 is 6.01 Å². The normalized spacial score (nSPS) is 18.5. The second-order valence-electron chi connectivity index (χ2n) is 15.9. The third-order valence-corrected chi connectivity index (χ3v) is 11.8. The SMILES string of the molecule is C=C(F)/C=C\C.CC.CCc1c(F)ccc2c(F)c(O)cc(-c3c(F)c4nc(OCC56CCCN5CC(F)C6)nc(N5CCCn6nc(C(=O)N(C)C)cc6C5)c4c4ccnn34)c12. The van der Waals surface area contributed by atoms with Gasteiger partial charge in [-0.3, -0.25) is 14.4 Å². The lowest BCUT2D eigenvalue weighted by Crippen LogP contribution is -2.43. The Labute approximate surface area is 362 Å². The molecule has 0 radical (unpaired) electrons. The first-order chi connectivity index (χ1) is 30.2. The molecule has 2 fully saturated rings. The number of anilines is 1. The van der Waals surface area contributed by atoms with Crippen LogP contribution in [0.3, 0.4) is 0 Å². The second kappa shape index (κ2) is 18.3. The number of carbonyl (C=O) groups excluding carboxylic acids is 1. The maximum Gasteiger partial charge on any atom is 0.319 e. The Morgan fingerprint density at radius 3 is 2.54 bits per heavy atom. The first-order valence-corrected chi connectivity index (χ1v) is 21.3. The van der Waals surface area contributed by atoms with Gasteiger partial charge in [-0.05, 0) is 81.1 Å². The quantitative estimate of drug-likeness (QED) is 0.118. The molecule has 1 amide bonds. The van der Waals surface area contributed by atoms with Crippen LogP contribution >= 0.6 is 0 Å². The minimum atomic E-state index is -0.988. The van der Waals surface area contributed by atoms with Crippen LogP contribution in [0.5, 0.6) is 11.8 Å². The molecule has 2 saturated heterocycles. The largest absolute Gasteiger partial charge is 0.505 e. The van der Waals surface area contributed by atoms with Crippen LogP contribution in [0.1, 0.15) is 75.1 Å². The number of hydrogen-bond acceptors (Lipinski definition) is 9. The van der Waals surface area contributed by atoms with Gasteiger partial charge < -0.3 is 19.6 Å². The number of hydrogen-bond donors (Lipinski definition) is 1. The third kappa shape index (κ3) is 8.30. The summed E-state index contributed by atoms with van der Waals surface area (Å²) in [6, 6.07) is 6.75. The Morgan fingerprint density at radius 2 is 1.84 bits per heavy atom. The van der Waals surface area contributed by atoms with Gasteiger partial charge in [0.15, 0.2) is 23.1 Å². The van der Waals surface area contributed by atoms with E-state index < -0.39 is 40.7 Å². The molecular weight excluding hydrogens is 822 g/mol. The van der Waals surface area contributed by atoms with Crippen LogP contribution in [0.2, 0.25) is 0 Å². The standard InChI is InChI=1S/C39H39F4N9O3.C5H7F.C2H6/c1-4-23-26(41)8-7-24-30(23)25(16-29(53)32(24)42)35-33(43)34-31(28-9-11-44-52(28)35)36(46-38(45-34)55-20-39-10-5-13-50(39)18-21(40)17-39)49-12-6-14-51-22(19-49)15-27(47-51)37(54)48(2)3;1-3-4-5(2)6;1-2/h7-9,11,15-16,21,53H,4-6,10,12-14,17-20H2,1-3H3;3-4H,2H2,1H3;1-2H3/b;4-3-;. The van der Waals surface area contributed by atoms with E-state index in [1.807, 2.05) is 18.7 Å². The molecule has 3 aliphatic heterocycles. The Morgan fingerprint density at radius 1 is 1.06 bits per heavy atom. The van der Waals surface area contributed by atoms with Crippen LogP contribution in [-0.4, -0.2) is 102 Å². The zero-order chi connectivity index (χ0) is 45.3. The number of aromatic nitrogens is 6. The zero-order valence-corrected chi connectivity index (χ0v) is 36.4. The molecule has 9 rings (SSSR count). The van der Waals surface area contributed by atoms with Crippen molar-refractivity contribution in [3.8, 4) is 23.0 Å². The molecule has 2 unspecified atom stereocenters. The maximum absolute atomic E-state index is 17.7. The van der Waals surface area contributed by atoms with Crippen LogP contribution in [-0.2, 0) is 19.5 Å². The number of ether oxygens (including phenoxy) is 1. The van der Waals surface area contributed by atoms with Crippen LogP contribution in [0, 0.1) is 17.5 Å². The number of halogens is 5. The minimum absolute atomic E-state index is 0.0261. The maximum atomic E-state index is 17.7. The summed E-state index contributed by atoms with van der Waals surface area (Å²) in [6.07, 6.45) is 6.12. The number of benzene rings is 2. The molecule has 3 aliphatic rings. The number of carbonyl (C=O) groups is 1. The van der Waals surface area contributed by atoms with E-state index in [9.17, 15) is 18.7 Å². The van der Waals surface area contributed by atoms with E-state index in [-0.39, 0.29) is 64.6 Å². The fourth-order valence-corrected chi connectivity index (χ4v) is 9.09. The molecule has 0 aliphatic carbocycles. The Hall–Kier alpha value is -6.10. The van der Waals surface area contributed by atoms with E-state index in [4.69, 9.17) is 9.72 Å². The predicted molar refractivity (Wildman–Crippen MR) is 233 cm³/mol. The number of alkyl halides is 1. The number of fused-ring (bicyclic) bond motifs is 6. The van der Waals surface area contributed by atoms with Gasteiger partial charge in [-0.15, -0.1) is 0 Å². The molecule has 2 atom stereocenters. The van der Waals surface area contributed by atoms with Crippen molar-refractivity contribution in [3.05, 3.63) is 95.5 Å². The molecule has 12 nitrogen and oxygen atoms in total. The lowest BCUT2D eigenvalue weighted by atomic mass is 9.93. The summed E-state index contributed by atoms with van der Waals surface area (Å²) in [6.45, 7) is 12.9. The van der Waals surface area contributed by atoms with E-state index in [0.29, 0.717) is 54.9 Å². The average Bonchev–Trinajstić information content (AvgIpc) is 4.03. The summed E-state index contributed by atoms with van der Waals surface area (Å²) in [5, 5.41) is 20.2. The van der Waals surface area contributed by atoms with Crippen molar-refractivity contribution in [2.75, 3.05) is 45.2 Å². The number of pyridine rings is 1.